The van der Waals surface area contributed by atoms with Crippen molar-refractivity contribution in [2.45, 2.75) is 96.9 Å². The maximum absolute atomic E-state index is 10.8. The van der Waals surface area contributed by atoms with Gasteiger partial charge in [-0.3, -0.25) is 0 Å². The minimum atomic E-state index is -0.628. The highest BCUT2D eigenvalue weighted by molar-refractivity contribution is 5.38. The lowest BCUT2D eigenvalue weighted by molar-refractivity contribution is 0.0862. The van der Waals surface area contributed by atoms with E-state index < -0.39 is 12.2 Å². The predicted molar refractivity (Wildman–Crippen MR) is 136 cm³/mol. The Kier molecular flexibility index (Phi) is 7.24. The third kappa shape index (κ3) is 4.88. The summed E-state index contributed by atoms with van der Waals surface area (Å²) < 4.78 is 0. The standard InChI is InChI=1S/C30H44O3/c1-5-14-30(16-17-30)28(33)13-8-20(2)25-11-12-26-22(7-6-15-29(25,26)4)9-10-23-18-24(31)19-27(32)21(23)3/h5,8-10,13-14,20,24-28,31-33H,3,6-7,11-12,15-19H2,1-2,4H3/t20-,24-,25-,26+,27+,28+,29-/m1/s1. The maximum atomic E-state index is 10.8. The molecule has 4 fully saturated rings. The van der Waals surface area contributed by atoms with Crippen LogP contribution in [-0.2, 0) is 0 Å². The van der Waals surface area contributed by atoms with Gasteiger partial charge < -0.3 is 15.3 Å². The zero-order valence-electron chi connectivity index (χ0n) is 20.8. The Balaban J connectivity index is 1.47. The molecule has 0 saturated heterocycles. The molecule has 3 heteroatoms. The second-order valence-corrected chi connectivity index (χ2v) is 11.6. The summed E-state index contributed by atoms with van der Waals surface area (Å²) >= 11 is 0. The summed E-state index contributed by atoms with van der Waals surface area (Å²) in [6, 6.07) is 0. The van der Waals surface area contributed by atoms with Crippen LogP contribution in [0.15, 0.2) is 59.8 Å². The molecular weight excluding hydrogens is 408 g/mol. The Labute approximate surface area is 200 Å². The molecule has 0 aromatic carbocycles. The largest absolute Gasteiger partial charge is 0.393 e. The quantitative estimate of drug-likeness (QED) is 0.431. The smallest absolute Gasteiger partial charge is 0.0811 e. The van der Waals surface area contributed by atoms with Crippen LogP contribution >= 0.6 is 0 Å². The van der Waals surface area contributed by atoms with Crippen molar-refractivity contribution in [1.82, 2.24) is 0 Å². The summed E-state index contributed by atoms with van der Waals surface area (Å²) in [5.41, 5.74) is 3.58. The van der Waals surface area contributed by atoms with Crippen molar-refractivity contribution in [1.29, 1.82) is 0 Å². The van der Waals surface area contributed by atoms with Gasteiger partial charge in [-0.25, -0.2) is 0 Å². The van der Waals surface area contributed by atoms with Crippen molar-refractivity contribution in [3.05, 3.63) is 59.8 Å². The minimum absolute atomic E-state index is 0.00832. The Morgan fingerprint density at radius 3 is 2.55 bits per heavy atom. The summed E-state index contributed by atoms with van der Waals surface area (Å²) in [6.45, 7) is 10.9. The lowest BCUT2D eigenvalue weighted by Crippen LogP contribution is -2.35. The Hall–Kier alpha value is -1.42. The first-order valence-electron chi connectivity index (χ1n) is 13.2. The van der Waals surface area contributed by atoms with Gasteiger partial charge in [0.05, 0.1) is 18.3 Å². The normalized spacial score (nSPS) is 40.6. The molecule has 0 spiro atoms. The third-order valence-electron chi connectivity index (χ3n) is 9.45. The number of hydrogen-bond donors (Lipinski definition) is 3. The van der Waals surface area contributed by atoms with Gasteiger partial charge in [0.1, 0.15) is 0 Å². The Bertz CT molecular complexity index is 858. The monoisotopic (exact) mass is 452 g/mol. The first kappa shape index (κ1) is 24.7. The predicted octanol–water partition coefficient (Wildman–Crippen LogP) is 6.04. The van der Waals surface area contributed by atoms with Crippen molar-refractivity contribution in [2.75, 3.05) is 0 Å². The molecule has 0 bridgehead atoms. The van der Waals surface area contributed by atoms with Crippen molar-refractivity contribution >= 4 is 0 Å². The Morgan fingerprint density at radius 2 is 1.85 bits per heavy atom. The van der Waals surface area contributed by atoms with Crippen LogP contribution in [-0.4, -0.2) is 33.6 Å². The van der Waals surface area contributed by atoms with E-state index >= 15 is 0 Å². The molecule has 182 valence electrons. The average molecular weight is 453 g/mol. The van der Waals surface area contributed by atoms with Gasteiger partial charge in [-0.15, -0.1) is 0 Å². The topological polar surface area (TPSA) is 60.7 Å². The zero-order valence-corrected chi connectivity index (χ0v) is 20.8. The number of fused-ring (bicyclic) bond motifs is 1. The molecular formula is C30H44O3. The van der Waals surface area contributed by atoms with E-state index in [4.69, 9.17) is 0 Å². The van der Waals surface area contributed by atoms with Gasteiger partial charge in [-0.1, -0.05) is 62.5 Å². The molecule has 7 atom stereocenters. The van der Waals surface area contributed by atoms with Crippen molar-refractivity contribution in [3.63, 3.8) is 0 Å². The van der Waals surface area contributed by atoms with Crippen LogP contribution in [0.3, 0.4) is 0 Å². The highest BCUT2D eigenvalue weighted by Gasteiger charge is 2.50. The highest BCUT2D eigenvalue weighted by Crippen LogP contribution is 2.59. The average Bonchev–Trinajstić information content (AvgIpc) is 3.47. The van der Waals surface area contributed by atoms with E-state index in [0.717, 1.165) is 30.4 Å². The van der Waals surface area contributed by atoms with E-state index in [1.165, 1.54) is 31.3 Å². The third-order valence-corrected chi connectivity index (χ3v) is 9.45. The summed E-state index contributed by atoms with van der Waals surface area (Å²) in [4.78, 5) is 0. The number of aliphatic hydroxyl groups excluding tert-OH is 3. The van der Waals surface area contributed by atoms with Crippen LogP contribution in [0, 0.1) is 28.6 Å². The van der Waals surface area contributed by atoms with Gasteiger partial charge in [0.25, 0.3) is 0 Å². The highest BCUT2D eigenvalue weighted by atomic mass is 16.3. The number of aliphatic hydroxyl groups is 3. The molecule has 0 heterocycles. The molecule has 33 heavy (non-hydrogen) atoms. The van der Waals surface area contributed by atoms with Gasteiger partial charge >= 0.3 is 0 Å². The molecule has 3 nitrogen and oxygen atoms in total. The molecule has 0 unspecified atom stereocenters. The van der Waals surface area contributed by atoms with Crippen molar-refractivity contribution < 1.29 is 15.3 Å². The van der Waals surface area contributed by atoms with Crippen LogP contribution in [0.4, 0.5) is 0 Å². The first-order chi connectivity index (χ1) is 15.7. The number of rotatable bonds is 6. The summed E-state index contributed by atoms with van der Waals surface area (Å²) in [6.07, 6.45) is 20.8. The zero-order chi connectivity index (χ0) is 23.8. The molecule has 4 rings (SSSR count). The van der Waals surface area contributed by atoms with E-state index in [9.17, 15) is 15.3 Å². The van der Waals surface area contributed by atoms with Gasteiger partial charge in [0.15, 0.2) is 0 Å². The fourth-order valence-electron chi connectivity index (χ4n) is 7.25. The van der Waals surface area contributed by atoms with Crippen LogP contribution in [0.5, 0.6) is 0 Å². The summed E-state index contributed by atoms with van der Waals surface area (Å²) in [7, 11) is 0. The van der Waals surface area contributed by atoms with Crippen LogP contribution in [0.2, 0.25) is 0 Å². The van der Waals surface area contributed by atoms with E-state index in [2.05, 4.69) is 56.9 Å². The molecule has 3 N–H and O–H groups in total. The number of allylic oxidation sites excluding steroid dienone is 5. The second kappa shape index (κ2) is 9.68. The van der Waals surface area contributed by atoms with E-state index in [0.29, 0.717) is 36.0 Å². The molecule has 0 aromatic heterocycles. The fraction of sp³-hybridized carbons (Fsp3) is 0.667. The van der Waals surface area contributed by atoms with E-state index in [-0.39, 0.29) is 11.5 Å². The van der Waals surface area contributed by atoms with Gasteiger partial charge in [-0.2, -0.15) is 0 Å². The van der Waals surface area contributed by atoms with Crippen LogP contribution in [0.1, 0.15) is 78.6 Å². The lowest BCUT2D eigenvalue weighted by atomic mass is 9.61. The van der Waals surface area contributed by atoms with E-state index in [1.54, 1.807) is 0 Å². The minimum Gasteiger partial charge on any atom is -0.393 e. The van der Waals surface area contributed by atoms with Crippen LogP contribution in [0.25, 0.3) is 0 Å². The van der Waals surface area contributed by atoms with E-state index in [1.807, 2.05) is 6.92 Å². The van der Waals surface area contributed by atoms with Gasteiger partial charge in [0, 0.05) is 11.8 Å². The second-order valence-electron chi connectivity index (χ2n) is 11.6. The van der Waals surface area contributed by atoms with Crippen molar-refractivity contribution in [3.8, 4) is 0 Å². The summed E-state index contributed by atoms with van der Waals surface area (Å²) in [5.74, 6) is 1.68. The SMILES string of the molecule is C=C1C(=CC=C2CCC[C@]3(C)[C@@H]([C@H](C)C=C[C@H](O)C4(C=CC)CC4)CC[C@@H]23)C[C@@H](O)C[C@@H]1O. The molecule has 0 aromatic rings. The Morgan fingerprint density at radius 1 is 1.09 bits per heavy atom. The number of hydrogen-bond acceptors (Lipinski definition) is 3. The molecule has 0 aliphatic heterocycles. The maximum Gasteiger partial charge on any atom is 0.0811 e. The van der Waals surface area contributed by atoms with Crippen molar-refractivity contribution in [2.24, 2.45) is 28.6 Å². The first-order valence-corrected chi connectivity index (χ1v) is 13.2. The molecule has 0 radical (unpaired) electrons. The fourth-order valence-corrected chi connectivity index (χ4v) is 7.25. The molecule has 4 saturated carbocycles. The van der Waals surface area contributed by atoms with Gasteiger partial charge in [0.2, 0.25) is 0 Å². The summed E-state index contributed by atoms with van der Waals surface area (Å²) in [5, 5.41) is 31.0. The van der Waals surface area contributed by atoms with Gasteiger partial charge in [-0.05, 0) is 92.6 Å². The van der Waals surface area contributed by atoms with Crippen LogP contribution < -0.4 is 0 Å². The molecule has 4 aliphatic carbocycles. The lowest BCUT2D eigenvalue weighted by Gasteiger charge is -2.44. The molecule has 4 aliphatic rings. The molecule has 0 amide bonds.